The van der Waals surface area contributed by atoms with Crippen LogP contribution in [0.15, 0.2) is 24.4 Å². The van der Waals surface area contributed by atoms with Crippen LogP contribution in [0, 0.1) is 19.7 Å². The number of nitrogens with zero attached hydrogens (tertiary/aromatic N) is 2. The van der Waals surface area contributed by atoms with Gasteiger partial charge in [-0.05, 0) is 31.5 Å². The van der Waals surface area contributed by atoms with E-state index in [1.807, 2.05) is 13.8 Å². The molecule has 94 valence electrons. The number of hydrazine groups is 1. The number of aryl methyl sites for hydroxylation is 2. The number of aromatic nitrogens is 2. The Morgan fingerprint density at radius 1 is 1.22 bits per heavy atom. The Morgan fingerprint density at radius 2 is 2.00 bits per heavy atom. The molecule has 0 fully saturated rings. The molecule has 0 saturated heterocycles. The van der Waals surface area contributed by atoms with Gasteiger partial charge in [0.1, 0.15) is 11.6 Å². The molecule has 0 bridgehead atoms. The van der Waals surface area contributed by atoms with Crippen LogP contribution in [0.3, 0.4) is 0 Å². The molecule has 18 heavy (non-hydrogen) atoms. The summed E-state index contributed by atoms with van der Waals surface area (Å²) in [7, 11) is 0. The molecular weight excluding hydrogens is 233 g/mol. The minimum absolute atomic E-state index is 0.299. The molecule has 6 heteroatoms. The molecule has 0 unspecified atom stereocenters. The number of nitrogens with two attached hydrogens (primary N) is 1. The second-order valence-corrected chi connectivity index (χ2v) is 3.95. The molecule has 4 N–H and O–H groups in total. The first kappa shape index (κ1) is 12.3. The van der Waals surface area contributed by atoms with Crippen LogP contribution in [0.5, 0.6) is 0 Å². The molecule has 2 rings (SSSR count). The van der Waals surface area contributed by atoms with Gasteiger partial charge >= 0.3 is 0 Å². The quantitative estimate of drug-likeness (QED) is 0.573. The molecule has 0 amide bonds. The minimum Gasteiger partial charge on any atom is -0.340 e. The SMILES string of the molecule is Cc1ccc(F)cc1Nc1nc(NN)ncc1C. The van der Waals surface area contributed by atoms with Crippen molar-refractivity contribution in [3.05, 3.63) is 41.3 Å². The Labute approximate surface area is 104 Å². The van der Waals surface area contributed by atoms with Crippen molar-refractivity contribution < 1.29 is 4.39 Å². The monoisotopic (exact) mass is 247 g/mol. The fourth-order valence-corrected chi connectivity index (χ4v) is 1.49. The van der Waals surface area contributed by atoms with E-state index in [0.29, 0.717) is 17.5 Å². The highest BCUT2D eigenvalue weighted by Gasteiger charge is 2.06. The van der Waals surface area contributed by atoms with Crippen molar-refractivity contribution >= 4 is 17.5 Å². The second-order valence-electron chi connectivity index (χ2n) is 3.95. The summed E-state index contributed by atoms with van der Waals surface area (Å²) >= 11 is 0. The molecule has 5 nitrogen and oxygen atoms in total. The molecule has 1 aromatic heterocycles. The first-order valence-corrected chi connectivity index (χ1v) is 5.43. The van der Waals surface area contributed by atoms with Crippen LogP contribution in [0.2, 0.25) is 0 Å². The molecule has 2 aromatic rings. The van der Waals surface area contributed by atoms with Crippen LogP contribution in [0.25, 0.3) is 0 Å². The van der Waals surface area contributed by atoms with Gasteiger partial charge in [0, 0.05) is 17.4 Å². The molecule has 0 saturated carbocycles. The smallest absolute Gasteiger partial charge is 0.239 e. The minimum atomic E-state index is -0.299. The summed E-state index contributed by atoms with van der Waals surface area (Å²) in [5.41, 5.74) is 4.81. The van der Waals surface area contributed by atoms with Crippen molar-refractivity contribution in [2.24, 2.45) is 5.84 Å². The maximum Gasteiger partial charge on any atom is 0.239 e. The van der Waals surface area contributed by atoms with Crippen molar-refractivity contribution in [1.82, 2.24) is 9.97 Å². The molecule has 0 radical (unpaired) electrons. The number of benzene rings is 1. The third-order valence-electron chi connectivity index (χ3n) is 2.55. The van der Waals surface area contributed by atoms with Gasteiger partial charge in [-0.15, -0.1) is 0 Å². The Morgan fingerprint density at radius 3 is 2.72 bits per heavy atom. The molecule has 0 spiro atoms. The molecule has 0 aliphatic heterocycles. The number of hydrogen-bond donors (Lipinski definition) is 3. The van der Waals surface area contributed by atoms with Gasteiger partial charge in [-0.2, -0.15) is 4.98 Å². The summed E-state index contributed by atoms with van der Waals surface area (Å²) in [6.07, 6.45) is 1.64. The van der Waals surface area contributed by atoms with Crippen LogP contribution in [-0.2, 0) is 0 Å². The van der Waals surface area contributed by atoms with Crippen LogP contribution >= 0.6 is 0 Å². The van der Waals surface area contributed by atoms with E-state index < -0.39 is 0 Å². The number of nitrogens with one attached hydrogen (secondary N) is 2. The zero-order valence-corrected chi connectivity index (χ0v) is 10.2. The van der Waals surface area contributed by atoms with E-state index in [1.165, 1.54) is 12.1 Å². The Hall–Kier alpha value is -2.21. The van der Waals surface area contributed by atoms with E-state index in [4.69, 9.17) is 5.84 Å². The third-order valence-corrected chi connectivity index (χ3v) is 2.55. The van der Waals surface area contributed by atoms with Gasteiger partial charge in [-0.3, -0.25) is 5.43 Å². The van der Waals surface area contributed by atoms with E-state index in [-0.39, 0.29) is 5.82 Å². The average molecular weight is 247 g/mol. The number of hydrogen-bond acceptors (Lipinski definition) is 5. The first-order valence-electron chi connectivity index (χ1n) is 5.43. The van der Waals surface area contributed by atoms with Gasteiger partial charge in [0.05, 0.1) is 0 Å². The van der Waals surface area contributed by atoms with Crippen molar-refractivity contribution in [3.63, 3.8) is 0 Å². The number of anilines is 3. The standard InChI is InChI=1S/C12H14FN5/c1-7-3-4-9(13)5-10(7)16-11-8(2)6-15-12(17-11)18-14/h3-6H,14H2,1-2H3,(H2,15,16,17,18). The van der Waals surface area contributed by atoms with Crippen molar-refractivity contribution in [2.75, 3.05) is 10.7 Å². The third kappa shape index (κ3) is 2.54. The maximum atomic E-state index is 13.2. The topological polar surface area (TPSA) is 75.9 Å². The second kappa shape index (κ2) is 4.97. The van der Waals surface area contributed by atoms with Crippen LogP contribution in [0.4, 0.5) is 21.8 Å². The Balaban J connectivity index is 2.36. The number of halogens is 1. The van der Waals surface area contributed by atoms with Gasteiger partial charge in [-0.1, -0.05) is 6.07 Å². The molecule has 0 aliphatic carbocycles. The predicted molar refractivity (Wildman–Crippen MR) is 69.0 cm³/mol. The zero-order valence-electron chi connectivity index (χ0n) is 10.2. The normalized spacial score (nSPS) is 10.2. The summed E-state index contributed by atoms with van der Waals surface area (Å²) in [5, 5.41) is 3.07. The van der Waals surface area contributed by atoms with Gasteiger partial charge in [0.25, 0.3) is 0 Å². The lowest BCUT2D eigenvalue weighted by Gasteiger charge is -2.11. The van der Waals surface area contributed by atoms with Crippen molar-refractivity contribution in [2.45, 2.75) is 13.8 Å². The van der Waals surface area contributed by atoms with Gasteiger partial charge in [0.15, 0.2) is 0 Å². The largest absolute Gasteiger partial charge is 0.340 e. The highest BCUT2D eigenvalue weighted by atomic mass is 19.1. The van der Waals surface area contributed by atoms with Gasteiger partial charge in [-0.25, -0.2) is 15.2 Å². The lowest BCUT2D eigenvalue weighted by Crippen LogP contribution is -2.11. The lowest BCUT2D eigenvalue weighted by molar-refractivity contribution is 0.628. The summed E-state index contributed by atoms with van der Waals surface area (Å²) < 4.78 is 13.2. The van der Waals surface area contributed by atoms with E-state index in [0.717, 1.165) is 11.1 Å². The van der Waals surface area contributed by atoms with Crippen LogP contribution in [-0.4, -0.2) is 9.97 Å². The van der Waals surface area contributed by atoms with Crippen LogP contribution in [0.1, 0.15) is 11.1 Å². The lowest BCUT2D eigenvalue weighted by atomic mass is 10.2. The summed E-state index contributed by atoms with van der Waals surface area (Å²) in [5.74, 6) is 5.85. The summed E-state index contributed by atoms with van der Waals surface area (Å²) in [4.78, 5) is 8.15. The summed E-state index contributed by atoms with van der Waals surface area (Å²) in [6, 6.07) is 4.54. The maximum absolute atomic E-state index is 13.2. The molecule has 0 aliphatic rings. The summed E-state index contributed by atoms with van der Waals surface area (Å²) in [6.45, 7) is 3.75. The van der Waals surface area contributed by atoms with E-state index in [9.17, 15) is 4.39 Å². The molecular formula is C12H14FN5. The Kier molecular flexibility index (Phi) is 3.38. The average Bonchev–Trinajstić information content (AvgIpc) is 2.36. The van der Waals surface area contributed by atoms with E-state index in [2.05, 4.69) is 20.7 Å². The fourth-order valence-electron chi connectivity index (χ4n) is 1.49. The molecule has 1 aromatic carbocycles. The highest BCUT2D eigenvalue weighted by Crippen LogP contribution is 2.22. The number of rotatable bonds is 3. The zero-order chi connectivity index (χ0) is 13.1. The fraction of sp³-hybridized carbons (Fsp3) is 0.167. The number of nitrogen functional groups attached to an aromatic ring is 1. The van der Waals surface area contributed by atoms with E-state index in [1.54, 1.807) is 12.3 Å². The van der Waals surface area contributed by atoms with E-state index >= 15 is 0 Å². The molecule has 0 atom stereocenters. The van der Waals surface area contributed by atoms with Crippen molar-refractivity contribution in [1.29, 1.82) is 0 Å². The molecule has 1 heterocycles. The predicted octanol–water partition coefficient (Wildman–Crippen LogP) is 2.26. The van der Waals surface area contributed by atoms with Crippen molar-refractivity contribution in [3.8, 4) is 0 Å². The highest BCUT2D eigenvalue weighted by molar-refractivity contribution is 5.63. The van der Waals surface area contributed by atoms with Gasteiger partial charge < -0.3 is 5.32 Å². The first-order chi connectivity index (χ1) is 8.60. The van der Waals surface area contributed by atoms with Gasteiger partial charge in [0.2, 0.25) is 5.95 Å². The Bertz CT molecular complexity index is 570. The van der Waals surface area contributed by atoms with Crippen LogP contribution < -0.4 is 16.6 Å².